The predicted molar refractivity (Wildman–Crippen MR) is 90.1 cm³/mol. The zero-order chi connectivity index (χ0) is 18.6. The van der Waals surface area contributed by atoms with Crippen LogP contribution in [0.5, 0.6) is 5.75 Å². The Kier molecular flexibility index (Phi) is 6.02. The van der Waals surface area contributed by atoms with Crippen molar-refractivity contribution in [1.29, 1.82) is 0 Å². The topological polar surface area (TPSA) is 122 Å². The number of ether oxygens (including phenoxy) is 1. The van der Waals surface area contributed by atoms with Crippen molar-refractivity contribution in [2.24, 2.45) is 0 Å². The van der Waals surface area contributed by atoms with E-state index in [1.165, 1.54) is 25.3 Å². The number of hydrogen-bond acceptors (Lipinski definition) is 5. The van der Waals surface area contributed by atoms with Gasteiger partial charge in [0.1, 0.15) is 16.7 Å². The van der Waals surface area contributed by atoms with Crippen molar-refractivity contribution >= 4 is 21.9 Å². The predicted octanol–water partition coefficient (Wildman–Crippen LogP) is 1.12. The molecule has 1 fully saturated rings. The van der Waals surface area contributed by atoms with E-state index in [0.717, 1.165) is 12.8 Å². The molecule has 0 aliphatic heterocycles. The second kappa shape index (κ2) is 7.83. The number of carboxylic acids is 1. The van der Waals surface area contributed by atoms with Gasteiger partial charge in [-0.1, -0.05) is 13.3 Å². The van der Waals surface area contributed by atoms with Gasteiger partial charge in [-0.2, -0.15) is 0 Å². The first-order chi connectivity index (χ1) is 11.8. The van der Waals surface area contributed by atoms with E-state index >= 15 is 0 Å². The Morgan fingerprint density at radius 3 is 2.56 bits per heavy atom. The number of aliphatic carboxylic acids is 1. The van der Waals surface area contributed by atoms with E-state index in [0.29, 0.717) is 6.42 Å². The molecule has 2 rings (SSSR count). The van der Waals surface area contributed by atoms with E-state index in [1.54, 1.807) is 0 Å². The van der Waals surface area contributed by atoms with E-state index < -0.39 is 27.9 Å². The van der Waals surface area contributed by atoms with Gasteiger partial charge >= 0.3 is 5.97 Å². The fourth-order valence-corrected chi connectivity index (χ4v) is 3.80. The van der Waals surface area contributed by atoms with Crippen LogP contribution in [0.3, 0.4) is 0 Å². The maximum Gasteiger partial charge on any atom is 0.326 e. The highest BCUT2D eigenvalue weighted by Crippen LogP contribution is 2.28. The van der Waals surface area contributed by atoms with E-state index in [2.05, 4.69) is 10.0 Å². The molecule has 9 heteroatoms. The summed E-state index contributed by atoms with van der Waals surface area (Å²) in [5.41, 5.74) is 0.0549. The highest BCUT2D eigenvalue weighted by atomic mass is 32.2. The van der Waals surface area contributed by atoms with Gasteiger partial charge in [-0.25, -0.2) is 17.9 Å². The van der Waals surface area contributed by atoms with E-state index in [-0.39, 0.29) is 28.7 Å². The number of nitrogens with one attached hydrogen (secondary N) is 2. The molecule has 1 aliphatic carbocycles. The molecule has 0 bridgehead atoms. The Morgan fingerprint density at radius 1 is 1.36 bits per heavy atom. The number of rotatable bonds is 9. The Hall–Kier alpha value is -2.13. The Morgan fingerprint density at radius 2 is 2.04 bits per heavy atom. The first kappa shape index (κ1) is 19.2. The third kappa shape index (κ3) is 4.93. The molecule has 0 aromatic heterocycles. The zero-order valence-electron chi connectivity index (χ0n) is 14.1. The molecule has 0 saturated heterocycles. The Bertz CT molecular complexity index is 758. The molecule has 1 aromatic carbocycles. The first-order valence-electron chi connectivity index (χ1n) is 8.02. The van der Waals surface area contributed by atoms with Crippen LogP contribution in [0.15, 0.2) is 23.1 Å². The summed E-state index contributed by atoms with van der Waals surface area (Å²) in [5.74, 6) is -1.66. The van der Waals surface area contributed by atoms with E-state index in [1.807, 2.05) is 6.92 Å². The number of carbonyl (C=O) groups is 2. The zero-order valence-corrected chi connectivity index (χ0v) is 14.9. The molecule has 1 saturated carbocycles. The quantitative estimate of drug-likeness (QED) is 0.599. The fraction of sp³-hybridized carbons (Fsp3) is 0.500. The van der Waals surface area contributed by atoms with Crippen LogP contribution in [-0.4, -0.2) is 44.6 Å². The highest BCUT2D eigenvalue weighted by Gasteiger charge is 2.30. The SMILES string of the molecule is CCCC(NC(=O)c1ccc(OC)c(S(=O)(=O)NC2CC2)c1)C(=O)O. The molecular weight excluding hydrogens is 348 g/mol. The van der Waals surface area contributed by atoms with Crippen LogP contribution >= 0.6 is 0 Å². The highest BCUT2D eigenvalue weighted by molar-refractivity contribution is 7.89. The number of benzene rings is 1. The number of hydrogen-bond donors (Lipinski definition) is 3. The lowest BCUT2D eigenvalue weighted by molar-refractivity contribution is -0.139. The summed E-state index contributed by atoms with van der Waals surface area (Å²) in [4.78, 5) is 23.3. The fourth-order valence-electron chi connectivity index (χ4n) is 2.30. The Balaban J connectivity index is 2.28. The van der Waals surface area contributed by atoms with E-state index in [4.69, 9.17) is 9.84 Å². The number of carboxylic acid groups (broad SMARTS) is 1. The van der Waals surface area contributed by atoms with Crippen molar-refractivity contribution in [2.45, 2.75) is 49.6 Å². The largest absolute Gasteiger partial charge is 0.495 e. The van der Waals surface area contributed by atoms with Crippen LogP contribution < -0.4 is 14.8 Å². The summed E-state index contributed by atoms with van der Waals surface area (Å²) in [7, 11) is -2.48. The second-order valence-electron chi connectivity index (χ2n) is 5.91. The minimum atomic E-state index is -3.82. The molecule has 1 aromatic rings. The van der Waals surface area contributed by atoms with Crippen LogP contribution in [0.2, 0.25) is 0 Å². The van der Waals surface area contributed by atoms with Gasteiger partial charge in [0.15, 0.2) is 0 Å². The number of amides is 1. The minimum Gasteiger partial charge on any atom is -0.495 e. The molecule has 1 atom stereocenters. The molecule has 1 aliphatic rings. The second-order valence-corrected chi connectivity index (χ2v) is 7.60. The van der Waals surface area contributed by atoms with Crippen molar-refractivity contribution in [3.8, 4) is 5.75 Å². The van der Waals surface area contributed by atoms with Crippen LogP contribution in [0.4, 0.5) is 0 Å². The molecule has 0 spiro atoms. The Labute approximate surface area is 146 Å². The average molecular weight is 370 g/mol. The lowest BCUT2D eigenvalue weighted by Gasteiger charge is -2.15. The average Bonchev–Trinajstić information content (AvgIpc) is 3.36. The van der Waals surface area contributed by atoms with Gasteiger partial charge in [0, 0.05) is 11.6 Å². The summed E-state index contributed by atoms with van der Waals surface area (Å²) in [6.45, 7) is 1.81. The van der Waals surface area contributed by atoms with Crippen molar-refractivity contribution in [1.82, 2.24) is 10.0 Å². The number of sulfonamides is 1. The number of carbonyl (C=O) groups excluding carboxylic acids is 1. The molecule has 0 radical (unpaired) electrons. The van der Waals surface area contributed by atoms with Gasteiger partial charge in [-0.3, -0.25) is 4.79 Å². The monoisotopic (exact) mass is 370 g/mol. The van der Waals surface area contributed by atoms with Crippen molar-refractivity contribution < 1.29 is 27.9 Å². The first-order valence-corrected chi connectivity index (χ1v) is 9.50. The molecule has 1 unspecified atom stereocenters. The smallest absolute Gasteiger partial charge is 0.326 e. The molecule has 3 N–H and O–H groups in total. The molecule has 1 amide bonds. The molecule has 8 nitrogen and oxygen atoms in total. The number of methoxy groups -OCH3 is 1. The third-order valence-corrected chi connectivity index (χ3v) is 5.34. The van der Waals surface area contributed by atoms with Gasteiger partial charge in [-0.05, 0) is 37.5 Å². The van der Waals surface area contributed by atoms with Crippen molar-refractivity contribution in [2.75, 3.05) is 7.11 Å². The standard InChI is InChI=1S/C16H22N2O6S/c1-3-4-12(16(20)21)17-15(19)10-5-8-13(24-2)14(9-10)25(22,23)18-11-6-7-11/h5,8-9,11-12,18H,3-4,6-7H2,1-2H3,(H,17,19)(H,20,21). The minimum absolute atomic E-state index is 0.0549. The maximum absolute atomic E-state index is 12.5. The molecule has 138 valence electrons. The lowest BCUT2D eigenvalue weighted by atomic mass is 10.1. The van der Waals surface area contributed by atoms with Crippen LogP contribution in [0, 0.1) is 0 Å². The summed E-state index contributed by atoms with van der Waals surface area (Å²) in [6.07, 6.45) is 2.43. The molecule has 25 heavy (non-hydrogen) atoms. The van der Waals surface area contributed by atoms with E-state index in [9.17, 15) is 18.0 Å². The van der Waals surface area contributed by atoms with Crippen LogP contribution in [-0.2, 0) is 14.8 Å². The summed E-state index contributed by atoms with van der Waals surface area (Å²) >= 11 is 0. The lowest BCUT2D eigenvalue weighted by Crippen LogP contribution is -2.40. The summed E-state index contributed by atoms with van der Waals surface area (Å²) in [5, 5.41) is 11.5. The maximum atomic E-state index is 12.5. The van der Waals surface area contributed by atoms with Gasteiger partial charge in [0.05, 0.1) is 7.11 Å². The van der Waals surface area contributed by atoms with Crippen LogP contribution in [0.1, 0.15) is 43.0 Å². The molecular formula is C16H22N2O6S. The van der Waals surface area contributed by atoms with Gasteiger partial charge in [0.2, 0.25) is 10.0 Å². The third-order valence-electron chi connectivity index (χ3n) is 3.80. The summed E-state index contributed by atoms with van der Waals surface area (Å²) in [6, 6.07) is 2.86. The normalized spacial score (nSPS) is 15.4. The summed E-state index contributed by atoms with van der Waals surface area (Å²) < 4.78 is 32.5. The van der Waals surface area contributed by atoms with Crippen molar-refractivity contribution in [3.63, 3.8) is 0 Å². The van der Waals surface area contributed by atoms with Gasteiger partial charge in [-0.15, -0.1) is 0 Å². The molecule has 0 heterocycles. The van der Waals surface area contributed by atoms with Gasteiger partial charge < -0.3 is 15.2 Å². The van der Waals surface area contributed by atoms with Crippen LogP contribution in [0.25, 0.3) is 0 Å². The van der Waals surface area contributed by atoms with Gasteiger partial charge in [0.25, 0.3) is 5.91 Å². The van der Waals surface area contributed by atoms with Crippen molar-refractivity contribution in [3.05, 3.63) is 23.8 Å².